The van der Waals surface area contributed by atoms with Crippen molar-refractivity contribution >= 4 is 23.2 Å². The van der Waals surface area contributed by atoms with E-state index < -0.39 is 5.41 Å². The number of amides is 2. The Bertz CT molecular complexity index is 752. The summed E-state index contributed by atoms with van der Waals surface area (Å²) in [7, 11) is 0. The van der Waals surface area contributed by atoms with Crippen molar-refractivity contribution in [3.05, 3.63) is 45.9 Å². The predicted octanol–water partition coefficient (Wildman–Crippen LogP) is 2.20. The molecule has 0 saturated carbocycles. The van der Waals surface area contributed by atoms with E-state index in [2.05, 4.69) is 5.32 Å². The van der Waals surface area contributed by atoms with Crippen molar-refractivity contribution in [2.45, 2.75) is 11.8 Å². The molecule has 3 nitrogen and oxygen atoms in total. The van der Waals surface area contributed by atoms with Gasteiger partial charge in [-0.05, 0) is 40.3 Å². The second kappa shape index (κ2) is 3.30. The van der Waals surface area contributed by atoms with Crippen molar-refractivity contribution < 1.29 is 14.0 Å². The molecule has 0 radical (unpaired) electrons. The molecular formula is C14H8FNO2S. The highest BCUT2D eigenvalue weighted by atomic mass is 32.1. The van der Waals surface area contributed by atoms with Gasteiger partial charge in [0.1, 0.15) is 11.2 Å². The van der Waals surface area contributed by atoms with Gasteiger partial charge < -0.3 is 0 Å². The lowest BCUT2D eigenvalue weighted by Gasteiger charge is -2.20. The zero-order valence-corrected chi connectivity index (χ0v) is 10.5. The molecule has 1 fully saturated rings. The molecule has 1 saturated heterocycles. The van der Waals surface area contributed by atoms with Gasteiger partial charge in [-0.1, -0.05) is 6.07 Å². The Balaban J connectivity index is 2.11. The Kier molecular flexibility index (Phi) is 1.89. The number of benzene rings is 1. The number of carbonyl (C=O) groups is 2. The van der Waals surface area contributed by atoms with Gasteiger partial charge in [0.15, 0.2) is 0 Å². The summed E-state index contributed by atoms with van der Waals surface area (Å²) in [6.45, 7) is 0. The van der Waals surface area contributed by atoms with Crippen LogP contribution in [0, 0.1) is 5.82 Å². The normalized spacial score (nSPS) is 23.6. The molecule has 2 aromatic rings. The Morgan fingerprint density at radius 3 is 2.79 bits per heavy atom. The van der Waals surface area contributed by atoms with Crippen molar-refractivity contribution in [3.63, 3.8) is 0 Å². The first-order valence-electron chi connectivity index (χ1n) is 5.85. The first kappa shape index (κ1) is 10.9. The Labute approximate surface area is 112 Å². The van der Waals surface area contributed by atoms with Gasteiger partial charge in [0, 0.05) is 4.88 Å². The monoisotopic (exact) mass is 273 g/mol. The van der Waals surface area contributed by atoms with E-state index in [4.69, 9.17) is 0 Å². The minimum atomic E-state index is -1.02. The quantitative estimate of drug-likeness (QED) is 0.748. The van der Waals surface area contributed by atoms with E-state index in [0.29, 0.717) is 5.56 Å². The smallest absolute Gasteiger partial charge is 0.243 e. The summed E-state index contributed by atoms with van der Waals surface area (Å²) in [6.07, 6.45) is 0.0653. The SMILES string of the molecule is O=C1CC2(C(=O)N1)c1cc(F)ccc1-c1ccsc12. The number of rotatable bonds is 0. The molecule has 1 unspecified atom stereocenters. The average Bonchev–Trinajstić information content (AvgIpc) is 2.99. The molecule has 0 bridgehead atoms. The zero-order chi connectivity index (χ0) is 13.2. The maximum absolute atomic E-state index is 13.5. The molecule has 1 N–H and O–H groups in total. The summed E-state index contributed by atoms with van der Waals surface area (Å²) < 4.78 is 13.5. The van der Waals surface area contributed by atoms with Gasteiger partial charge in [0.25, 0.3) is 0 Å². The molecule has 5 heteroatoms. The third-order valence-electron chi connectivity index (χ3n) is 3.85. The standard InChI is InChI=1S/C14H8FNO2S/c15-7-1-2-8-9-3-4-19-12(9)14(10(8)5-7)6-11(17)16-13(14)18/h1-5H,6H2,(H,16,17,18). The number of halogens is 1. The van der Waals surface area contributed by atoms with Gasteiger partial charge >= 0.3 is 0 Å². The van der Waals surface area contributed by atoms with Crippen LogP contribution in [0.15, 0.2) is 29.6 Å². The van der Waals surface area contributed by atoms with Gasteiger partial charge in [-0.15, -0.1) is 11.3 Å². The van der Waals surface area contributed by atoms with Gasteiger partial charge in [-0.25, -0.2) is 4.39 Å². The van der Waals surface area contributed by atoms with Crippen molar-refractivity contribution in [2.75, 3.05) is 0 Å². The molecule has 1 aromatic carbocycles. The number of hydrogen-bond donors (Lipinski definition) is 1. The molecule has 94 valence electrons. The van der Waals surface area contributed by atoms with Gasteiger partial charge in [-0.2, -0.15) is 0 Å². The van der Waals surface area contributed by atoms with Gasteiger partial charge in [0.05, 0.1) is 6.42 Å². The van der Waals surface area contributed by atoms with E-state index in [1.165, 1.54) is 23.5 Å². The van der Waals surface area contributed by atoms with Crippen molar-refractivity contribution in [1.82, 2.24) is 5.32 Å². The van der Waals surface area contributed by atoms with E-state index in [1.54, 1.807) is 6.07 Å². The van der Waals surface area contributed by atoms with Crippen LogP contribution in [0.25, 0.3) is 11.1 Å². The van der Waals surface area contributed by atoms with Crippen LogP contribution in [0.3, 0.4) is 0 Å². The third-order valence-corrected chi connectivity index (χ3v) is 4.93. The van der Waals surface area contributed by atoms with Crippen LogP contribution < -0.4 is 5.32 Å². The first-order valence-corrected chi connectivity index (χ1v) is 6.73. The summed E-state index contributed by atoms with van der Waals surface area (Å²) in [6, 6.07) is 6.36. The van der Waals surface area contributed by atoms with E-state index >= 15 is 0 Å². The molecule has 2 aliphatic rings. The molecule has 4 rings (SSSR count). The molecule has 2 amide bonds. The van der Waals surface area contributed by atoms with E-state index in [9.17, 15) is 14.0 Å². The molecule has 1 aromatic heterocycles. The topological polar surface area (TPSA) is 46.2 Å². The number of carbonyl (C=O) groups excluding carboxylic acids is 2. The lowest BCUT2D eigenvalue weighted by molar-refractivity contribution is -0.125. The molecule has 1 spiro atoms. The van der Waals surface area contributed by atoms with Crippen LogP contribution in [-0.2, 0) is 15.0 Å². The molecule has 2 heterocycles. The van der Waals surface area contributed by atoms with E-state index in [0.717, 1.165) is 16.0 Å². The predicted molar refractivity (Wildman–Crippen MR) is 68.3 cm³/mol. The van der Waals surface area contributed by atoms with Crippen LogP contribution in [0.4, 0.5) is 4.39 Å². The number of thiophene rings is 1. The fraction of sp³-hybridized carbons (Fsp3) is 0.143. The van der Waals surface area contributed by atoms with E-state index in [1.807, 2.05) is 11.4 Å². The second-order valence-corrected chi connectivity index (χ2v) is 5.73. The largest absolute Gasteiger partial charge is 0.295 e. The van der Waals surface area contributed by atoms with Crippen molar-refractivity contribution in [3.8, 4) is 11.1 Å². The van der Waals surface area contributed by atoms with Crippen LogP contribution in [0.1, 0.15) is 16.9 Å². The molecule has 1 atom stereocenters. The summed E-state index contributed by atoms with van der Waals surface area (Å²) in [5.74, 6) is -1.03. The molecular weight excluding hydrogens is 265 g/mol. The summed E-state index contributed by atoms with van der Waals surface area (Å²) >= 11 is 1.44. The third kappa shape index (κ3) is 1.16. The van der Waals surface area contributed by atoms with Crippen LogP contribution in [0.2, 0.25) is 0 Å². The van der Waals surface area contributed by atoms with E-state index in [-0.39, 0.29) is 24.1 Å². The first-order chi connectivity index (χ1) is 9.13. The fourth-order valence-electron chi connectivity index (χ4n) is 3.08. The lowest BCUT2D eigenvalue weighted by atomic mass is 9.80. The second-order valence-electron chi connectivity index (χ2n) is 4.81. The number of fused-ring (bicyclic) bond motifs is 5. The average molecular weight is 273 g/mol. The Morgan fingerprint density at radius 2 is 2.05 bits per heavy atom. The van der Waals surface area contributed by atoms with Crippen LogP contribution in [-0.4, -0.2) is 11.8 Å². The number of nitrogens with one attached hydrogen (secondary N) is 1. The number of hydrogen-bond acceptors (Lipinski definition) is 3. The van der Waals surface area contributed by atoms with Crippen molar-refractivity contribution in [1.29, 1.82) is 0 Å². The van der Waals surface area contributed by atoms with Gasteiger partial charge in [0.2, 0.25) is 11.8 Å². The van der Waals surface area contributed by atoms with Gasteiger partial charge in [-0.3, -0.25) is 14.9 Å². The highest BCUT2D eigenvalue weighted by molar-refractivity contribution is 7.11. The lowest BCUT2D eigenvalue weighted by Crippen LogP contribution is -2.34. The van der Waals surface area contributed by atoms with Crippen LogP contribution in [0.5, 0.6) is 0 Å². The molecule has 1 aliphatic carbocycles. The highest BCUT2D eigenvalue weighted by Crippen LogP contribution is 2.54. The molecule has 19 heavy (non-hydrogen) atoms. The highest BCUT2D eigenvalue weighted by Gasteiger charge is 2.55. The molecule has 1 aliphatic heterocycles. The van der Waals surface area contributed by atoms with Crippen LogP contribution >= 0.6 is 11.3 Å². The minimum absolute atomic E-state index is 0.0653. The maximum Gasteiger partial charge on any atom is 0.243 e. The minimum Gasteiger partial charge on any atom is -0.295 e. The van der Waals surface area contributed by atoms with Crippen molar-refractivity contribution in [2.24, 2.45) is 0 Å². The summed E-state index contributed by atoms with van der Waals surface area (Å²) in [5, 5.41) is 4.24. The maximum atomic E-state index is 13.5. The summed E-state index contributed by atoms with van der Waals surface area (Å²) in [4.78, 5) is 24.8. The fourth-order valence-corrected chi connectivity index (χ4v) is 4.20. The summed E-state index contributed by atoms with van der Waals surface area (Å²) in [5.41, 5.74) is 1.38. The number of imide groups is 1. The Morgan fingerprint density at radius 1 is 1.21 bits per heavy atom. The Hall–Kier alpha value is -2.01. The zero-order valence-electron chi connectivity index (χ0n) is 9.70.